The predicted molar refractivity (Wildman–Crippen MR) is 93.4 cm³/mol. The second-order valence-electron chi connectivity index (χ2n) is 6.41. The van der Waals surface area contributed by atoms with Crippen LogP contribution in [0.1, 0.15) is 38.8 Å². The highest BCUT2D eigenvalue weighted by molar-refractivity contribution is 5.94. The molecular weight excluding hydrogens is 324 g/mol. The van der Waals surface area contributed by atoms with Crippen LogP contribution in [-0.2, 0) is 4.79 Å². The van der Waals surface area contributed by atoms with Gasteiger partial charge >= 0.3 is 0 Å². The van der Waals surface area contributed by atoms with Crippen molar-refractivity contribution in [3.05, 3.63) is 53.7 Å². The number of aromatic nitrogens is 1. The van der Waals surface area contributed by atoms with Crippen molar-refractivity contribution in [1.29, 1.82) is 0 Å². The first kappa shape index (κ1) is 17.3. The Labute approximate surface area is 145 Å². The standard InChI is InChI=1S/C19H21F2N3O/c1-4-16-11(2)19(23-18-8-6-14(21)10-22-18)15-9-13(20)5-7-17(15)24(16)12(3)25/h5-11,16,19H,4H2,1-3H3,(H,22,23)/t11?,16-,19?/m0/s1. The molecule has 3 atom stereocenters. The number of hydrogen-bond donors (Lipinski definition) is 1. The lowest BCUT2D eigenvalue weighted by molar-refractivity contribution is -0.117. The summed E-state index contributed by atoms with van der Waals surface area (Å²) in [7, 11) is 0. The van der Waals surface area contributed by atoms with Crippen molar-refractivity contribution < 1.29 is 13.6 Å². The lowest BCUT2D eigenvalue weighted by Crippen LogP contribution is -2.49. The Kier molecular flexibility index (Phi) is 4.70. The zero-order valence-corrected chi connectivity index (χ0v) is 14.5. The van der Waals surface area contributed by atoms with Crippen LogP contribution in [0.2, 0.25) is 0 Å². The molecule has 0 aliphatic carbocycles. The van der Waals surface area contributed by atoms with E-state index in [-0.39, 0.29) is 29.7 Å². The molecule has 25 heavy (non-hydrogen) atoms. The van der Waals surface area contributed by atoms with Gasteiger partial charge in [-0.1, -0.05) is 13.8 Å². The molecule has 1 aromatic carbocycles. The molecule has 1 amide bonds. The maximum atomic E-state index is 13.9. The highest BCUT2D eigenvalue weighted by Gasteiger charge is 2.39. The molecule has 0 bridgehead atoms. The van der Waals surface area contributed by atoms with Gasteiger partial charge in [-0.3, -0.25) is 4.79 Å². The highest BCUT2D eigenvalue weighted by atomic mass is 19.1. The van der Waals surface area contributed by atoms with Gasteiger partial charge in [0.25, 0.3) is 0 Å². The van der Waals surface area contributed by atoms with Crippen molar-refractivity contribution in [2.24, 2.45) is 5.92 Å². The first-order valence-corrected chi connectivity index (χ1v) is 8.39. The molecule has 0 fully saturated rings. The van der Waals surface area contributed by atoms with Crippen molar-refractivity contribution in [1.82, 2.24) is 4.98 Å². The molecule has 0 saturated heterocycles. The van der Waals surface area contributed by atoms with E-state index in [0.29, 0.717) is 17.1 Å². The number of pyridine rings is 1. The molecule has 0 saturated carbocycles. The van der Waals surface area contributed by atoms with Gasteiger partial charge in [-0.25, -0.2) is 13.8 Å². The molecule has 1 N–H and O–H groups in total. The van der Waals surface area contributed by atoms with Crippen molar-refractivity contribution in [3.63, 3.8) is 0 Å². The third kappa shape index (κ3) is 3.21. The van der Waals surface area contributed by atoms with Crippen LogP contribution in [0.3, 0.4) is 0 Å². The van der Waals surface area contributed by atoms with Crippen molar-refractivity contribution in [2.45, 2.75) is 39.3 Å². The maximum Gasteiger partial charge on any atom is 0.224 e. The quantitative estimate of drug-likeness (QED) is 0.902. The Balaban J connectivity index is 2.07. The summed E-state index contributed by atoms with van der Waals surface area (Å²) >= 11 is 0. The minimum atomic E-state index is -0.414. The number of carbonyl (C=O) groups excluding carboxylic acids is 1. The Morgan fingerprint density at radius 3 is 2.56 bits per heavy atom. The average Bonchev–Trinajstić information content (AvgIpc) is 2.58. The molecule has 0 spiro atoms. The lowest BCUT2D eigenvalue weighted by Gasteiger charge is -2.45. The van der Waals surface area contributed by atoms with E-state index >= 15 is 0 Å². The van der Waals surface area contributed by atoms with Gasteiger partial charge in [-0.05, 0) is 36.8 Å². The van der Waals surface area contributed by atoms with E-state index in [1.54, 1.807) is 17.0 Å². The van der Waals surface area contributed by atoms with Crippen LogP contribution in [0.5, 0.6) is 0 Å². The fraction of sp³-hybridized carbons (Fsp3) is 0.368. The number of amides is 1. The number of anilines is 2. The van der Waals surface area contributed by atoms with Crippen LogP contribution >= 0.6 is 0 Å². The molecule has 1 aliphatic heterocycles. The van der Waals surface area contributed by atoms with E-state index in [2.05, 4.69) is 10.3 Å². The minimum Gasteiger partial charge on any atom is -0.363 e. The van der Waals surface area contributed by atoms with Crippen molar-refractivity contribution in [3.8, 4) is 0 Å². The maximum absolute atomic E-state index is 13.9. The summed E-state index contributed by atoms with van der Waals surface area (Å²) in [5.74, 6) is -0.300. The monoisotopic (exact) mass is 345 g/mol. The molecule has 1 aromatic heterocycles. The largest absolute Gasteiger partial charge is 0.363 e. The molecule has 132 valence electrons. The van der Waals surface area contributed by atoms with Crippen LogP contribution in [0.15, 0.2) is 36.5 Å². The summed E-state index contributed by atoms with van der Waals surface area (Å²) in [4.78, 5) is 18.0. The first-order chi connectivity index (χ1) is 11.9. The Bertz CT molecular complexity index is 779. The molecule has 2 heterocycles. The van der Waals surface area contributed by atoms with Gasteiger partial charge in [-0.2, -0.15) is 0 Å². The summed E-state index contributed by atoms with van der Waals surface area (Å²) < 4.78 is 27.0. The summed E-state index contributed by atoms with van der Waals surface area (Å²) in [6, 6.07) is 7.10. The van der Waals surface area contributed by atoms with Gasteiger partial charge in [-0.15, -0.1) is 0 Å². The average molecular weight is 345 g/mol. The number of fused-ring (bicyclic) bond motifs is 1. The predicted octanol–water partition coefficient (Wildman–Crippen LogP) is 4.29. The van der Waals surface area contributed by atoms with Crippen LogP contribution < -0.4 is 10.2 Å². The van der Waals surface area contributed by atoms with Gasteiger partial charge in [0.1, 0.15) is 17.5 Å². The number of nitrogens with zero attached hydrogens (tertiary/aromatic N) is 2. The zero-order valence-electron chi connectivity index (χ0n) is 14.5. The van der Waals surface area contributed by atoms with E-state index in [1.807, 2.05) is 13.8 Å². The molecule has 4 nitrogen and oxygen atoms in total. The molecule has 2 unspecified atom stereocenters. The Morgan fingerprint density at radius 1 is 1.24 bits per heavy atom. The van der Waals surface area contributed by atoms with Gasteiger partial charge in [0, 0.05) is 30.1 Å². The Hall–Kier alpha value is -2.50. The van der Waals surface area contributed by atoms with Crippen molar-refractivity contribution in [2.75, 3.05) is 10.2 Å². The van der Waals surface area contributed by atoms with E-state index in [0.717, 1.165) is 12.6 Å². The second-order valence-corrected chi connectivity index (χ2v) is 6.41. The van der Waals surface area contributed by atoms with E-state index in [4.69, 9.17) is 0 Å². The van der Waals surface area contributed by atoms with Crippen LogP contribution in [0, 0.1) is 17.6 Å². The van der Waals surface area contributed by atoms with E-state index in [1.165, 1.54) is 25.1 Å². The molecule has 2 aromatic rings. The SMILES string of the molecule is CC[C@H]1C(C)C(Nc2ccc(F)cn2)c2cc(F)ccc2N1C(C)=O. The van der Waals surface area contributed by atoms with Crippen molar-refractivity contribution >= 4 is 17.4 Å². The third-order valence-electron chi connectivity index (χ3n) is 4.84. The molecule has 3 rings (SSSR count). The zero-order chi connectivity index (χ0) is 18.1. The Morgan fingerprint density at radius 2 is 1.96 bits per heavy atom. The van der Waals surface area contributed by atoms with E-state index in [9.17, 15) is 13.6 Å². The fourth-order valence-corrected chi connectivity index (χ4v) is 3.70. The normalized spacial score (nSPS) is 22.4. The van der Waals surface area contributed by atoms with E-state index < -0.39 is 5.82 Å². The fourth-order valence-electron chi connectivity index (χ4n) is 3.70. The number of nitrogens with one attached hydrogen (secondary N) is 1. The minimum absolute atomic E-state index is 0.0200. The number of hydrogen-bond acceptors (Lipinski definition) is 3. The molecule has 6 heteroatoms. The third-order valence-corrected chi connectivity index (χ3v) is 4.84. The molecule has 1 aliphatic rings. The summed E-state index contributed by atoms with van der Waals surface area (Å²) in [6.07, 6.45) is 1.91. The van der Waals surface area contributed by atoms with Crippen LogP contribution in [0.4, 0.5) is 20.3 Å². The number of carbonyl (C=O) groups is 1. The number of rotatable bonds is 3. The summed E-state index contributed by atoms with van der Waals surface area (Å²) in [5.41, 5.74) is 1.41. The van der Waals surface area contributed by atoms with Gasteiger partial charge in [0.2, 0.25) is 5.91 Å². The topological polar surface area (TPSA) is 45.2 Å². The number of halogens is 2. The smallest absolute Gasteiger partial charge is 0.224 e. The van der Waals surface area contributed by atoms with Gasteiger partial charge in [0.15, 0.2) is 0 Å². The molecule has 0 radical (unpaired) electrons. The van der Waals surface area contributed by atoms with Crippen LogP contribution in [-0.4, -0.2) is 16.9 Å². The molecular formula is C19H21F2N3O. The van der Waals surface area contributed by atoms with Crippen LogP contribution in [0.25, 0.3) is 0 Å². The lowest BCUT2D eigenvalue weighted by atomic mass is 9.81. The summed E-state index contributed by atoms with van der Waals surface area (Å²) in [6.45, 7) is 5.58. The second kappa shape index (κ2) is 6.78. The summed E-state index contributed by atoms with van der Waals surface area (Å²) in [5, 5.41) is 3.28. The van der Waals surface area contributed by atoms with Gasteiger partial charge < -0.3 is 10.2 Å². The first-order valence-electron chi connectivity index (χ1n) is 8.39. The highest BCUT2D eigenvalue weighted by Crippen LogP contribution is 2.43. The number of benzene rings is 1. The van der Waals surface area contributed by atoms with Gasteiger partial charge in [0.05, 0.1) is 12.2 Å².